The monoisotopic (exact) mass is 399 g/mol. The zero-order valence-electron chi connectivity index (χ0n) is 17.0. The molecule has 150 valence electrons. The number of nitrogens with one attached hydrogen (secondary N) is 1. The molecular formula is C24H21N3O3. The normalized spacial score (nSPS) is 10.9. The molecule has 0 aliphatic carbocycles. The van der Waals surface area contributed by atoms with Gasteiger partial charge in [0.2, 0.25) is 0 Å². The van der Waals surface area contributed by atoms with Gasteiger partial charge in [0.05, 0.1) is 7.11 Å². The van der Waals surface area contributed by atoms with Crippen LogP contribution in [0.4, 0.5) is 5.69 Å². The number of carbonyl (C=O) groups excluding carboxylic acids is 2. The molecule has 0 fully saturated rings. The minimum atomic E-state index is -0.515. The van der Waals surface area contributed by atoms with Gasteiger partial charge in [-0.3, -0.25) is 9.59 Å². The minimum Gasteiger partial charge on any atom is -0.497 e. The van der Waals surface area contributed by atoms with Crippen molar-refractivity contribution in [3.05, 3.63) is 77.4 Å². The molecule has 30 heavy (non-hydrogen) atoms. The number of anilines is 1. The van der Waals surface area contributed by atoms with Crippen LogP contribution in [0.2, 0.25) is 0 Å². The van der Waals surface area contributed by atoms with Crippen molar-refractivity contribution < 1.29 is 14.3 Å². The molecule has 3 rings (SSSR count). The van der Waals surface area contributed by atoms with Gasteiger partial charge in [-0.1, -0.05) is 18.2 Å². The van der Waals surface area contributed by atoms with Crippen LogP contribution in [-0.2, 0) is 4.79 Å². The number of hydrogen-bond donors (Lipinski definition) is 1. The third-order valence-corrected chi connectivity index (χ3v) is 4.54. The molecule has 0 spiro atoms. The number of rotatable bonds is 5. The SMILES string of the molecule is COc1ccc2cc(/C=C(\C#N)C(=O)Nc3ccc(C(=O)N(C)C)cc3)ccc2c1. The number of methoxy groups -OCH3 is 1. The van der Waals surface area contributed by atoms with Crippen molar-refractivity contribution in [2.45, 2.75) is 0 Å². The standard InChI is InChI=1S/C24H21N3O3/c1-27(2)24(29)17-6-9-21(10-7-17)26-23(28)20(15-25)13-16-4-5-19-14-22(30-3)11-8-18(19)12-16/h4-14H,1-3H3,(H,26,28)/b20-13+. The van der Waals surface area contributed by atoms with Crippen LogP contribution < -0.4 is 10.1 Å². The number of amides is 2. The van der Waals surface area contributed by atoms with E-state index in [4.69, 9.17) is 4.74 Å². The molecule has 0 heterocycles. The Morgan fingerprint density at radius 1 is 1.00 bits per heavy atom. The summed E-state index contributed by atoms with van der Waals surface area (Å²) in [6.45, 7) is 0. The number of fused-ring (bicyclic) bond motifs is 1. The molecule has 0 aliphatic rings. The highest BCUT2D eigenvalue weighted by molar-refractivity contribution is 6.10. The van der Waals surface area contributed by atoms with E-state index < -0.39 is 5.91 Å². The van der Waals surface area contributed by atoms with Crippen molar-refractivity contribution in [3.63, 3.8) is 0 Å². The molecule has 0 saturated heterocycles. The molecule has 0 atom stereocenters. The van der Waals surface area contributed by atoms with Crippen molar-refractivity contribution >= 4 is 34.4 Å². The Labute approximate surface area is 175 Å². The minimum absolute atomic E-state index is 0.0173. The zero-order valence-corrected chi connectivity index (χ0v) is 17.0. The van der Waals surface area contributed by atoms with Crippen LogP contribution >= 0.6 is 0 Å². The molecule has 0 bridgehead atoms. The van der Waals surface area contributed by atoms with Gasteiger partial charge < -0.3 is 15.0 Å². The molecular weight excluding hydrogens is 378 g/mol. The summed E-state index contributed by atoms with van der Waals surface area (Å²) in [7, 11) is 4.96. The molecule has 1 N–H and O–H groups in total. The van der Waals surface area contributed by atoms with Gasteiger partial charge in [0, 0.05) is 25.3 Å². The summed E-state index contributed by atoms with van der Waals surface area (Å²) >= 11 is 0. The summed E-state index contributed by atoms with van der Waals surface area (Å²) in [5.41, 5.74) is 1.74. The maximum absolute atomic E-state index is 12.5. The first-order valence-corrected chi connectivity index (χ1v) is 9.24. The topological polar surface area (TPSA) is 82.4 Å². The van der Waals surface area contributed by atoms with Crippen molar-refractivity contribution in [3.8, 4) is 11.8 Å². The fourth-order valence-electron chi connectivity index (χ4n) is 2.93. The summed E-state index contributed by atoms with van der Waals surface area (Å²) in [6.07, 6.45) is 1.54. The van der Waals surface area contributed by atoms with Crippen LogP contribution in [0, 0.1) is 11.3 Å². The van der Waals surface area contributed by atoms with E-state index in [1.165, 1.54) is 4.90 Å². The quantitative estimate of drug-likeness (QED) is 0.517. The Hall–Kier alpha value is -4.11. The first-order chi connectivity index (χ1) is 14.4. The number of hydrogen-bond acceptors (Lipinski definition) is 4. The first kappa shape index (κ1) is 20.6. The number of benzene rings is 3. The number of carbonyl (C=O) groups is 2. The van der Waals surface area contributed by atoms with Crippen LogP contribution in [0.25, 0.3) is 16.8 Å². The molecule has 0 saturated carbocycles. The highest BCUT2D eigenvalue weighted by Gasteiger charge is 2.11. The van der Waals surface area contributed by atoms with Gasteiger partial charge in [-0.25, -0.2) is 0 Å². The Bertz CT molecular complexity index is 1170. The van der Waals surface area contributed by atoms with Gasteiger partial charge in [-0.05, 0) is 64.9 Å². The highest BCUT2D eigenvalue weighted by Crippen LogP contribution is 2.23. The number of nitrogens with zero attached hydrogens (tertiary/aromatic N) is 2. The lowest BCUT2D eigenvalue weighted by atomic mass is 10.0. The van der Waals surface area contributed by atoms with Crippen LogP contribution in [0.3, 0.4) is 0 Å². The van der Waals surface area contributed by atoms with E-state index in [1.54, 1.807) is 51.5 Å². The van der Waals surface area contributed by atoms with E-state index >= 15 is 0 Å². The summed E-state index contributed by atoms with van der Waals surface area (Å²) in [5.74, 6) is 0.125. The van der Waals surface area contributed by atoms with E-state index in [0.29, 0.717) is 11.3 Å². The van der Waals surface area contributed by atoms with Crippen molar-refractivity contribution in [1.29, 1.82) is 5.26 Å². The Balaban J connectivity index is 1.79. The molecule has 6 heteroatoms. The summed E-state index contributed by atoms with van der Waals surface area (Å²) in [6, 6.07) is 19.8. The summed E-state index contributed by atoms with van der Waals surface area (Å²) < 4.78 is 5.23. The molecule has 3 aromatic rings. The van der Waals surface area contributed by atoms with E-state index in [9.17, 15) is 14.9 Å². The predicted octanol–water partition coefficient (Wildman–Crippen LogP) is 4.10. The van der Waals surface area contributed by atoms with Gasteiger partial charge in [-0.2, -0.15) is 5.26 Å². The number of nitriles is 1. The third-order valence-electron chi connectivity index (χ3n) is 4.54. The molecule has 3 aromatic carbocycles. The average Bonchev–Trinajstić information content (AvgIpc) is 2.76. The first-order valence-electron chi connectivity index (χ1n) is 9.24. The molecule has 0 unspecified atom stereocenters. The van der Waals surface area contributed by atoms with Gasteiger partial charge >= 0.3 is 0 Å². The molecule has 0 aliphatic heterocycles. The Morgan fingerprint density at radius 2 is 1.67 bits per heavy atom. The largest absolute Gasteiger partial charge is 0.497 e. The Morgan fingerprint density at radius 3 is 2.30 bits per heavy atom. The van der Waals surface area contributed by atoms with E-state index in [1.807, 2.05) is 42.5 Å². The average molecular weight is 399 g/mol. The maximum atomic E-state index is 12.5. The fraction of sp³-hybridized carbons (Fsp3) is 0.125. The van der Waals surface area contributed by atoms with E-state index in [2.05, 4.69) is 5.32 Å². The highest BCUT2D eigenvalue weighted by atomic mass is 16.5. The lowest BCUT2D eigenvalue weighted by molar-refractivity contribution is -0.112. The summed E-state index contributed by atoms with van der Waals surface area (Å²) in [5, 5.41) is 14.1. The fourth-order valence-corrected chi connectivity index (χ4v) is 2.93. The summed E-state index contributed by atoms with van der Waals surface area (Å²) in [4.78, 5) is 25.9. The van der Waals surface area contributed by atoms with Gasteiger partial charge in [0.25, 0.3) is 11.8 Å². The van der Waals surface area contributed by atoms with Crippen LogP contribution in [0.5, 0.6) is 5.75 Å². The zero-order chi connectivity index (χ0) is 21.7. The number of ether oxygens (including phenoxy) is 1. The van der Waals surface area contributed by atoms with Gasteiger partial charge in [-0.15, -0.1) is 0 Å². The van der Waals surface area contributed by atoms with Crippen molar-refractivity contribution in [1.82, 2.24) is 4.90 Å². The molecule has 0 aromatic heterocycles. The molecule has 2 amide bonds. The second kappa shape index (κ2) is 8.93. The van der Waals surface area contributed by atoms with Crippen molar-refractivity contribution in [2.75, 3.05) is 26.5 Å². The van der Waals surface area contributed by atoms with Crippen LogP contribution in [-0.4, -0.2) is 37.9 Å². The van der Waals surface area contributed by atoms with Gasteiger partial charge in [0.15, 0.2) is 0 Å². The van der Waals surface area contributed by atoms with Crippen LogP contribution in [0.15, 0.2) is 66.2 Å². The second-order valence-electron chi connectivity index (χ2n) is 6.87. The van der Waals surface area contributed by atoms with E-state index in [-0.39, 0.29) is 11.5 Å². The maximum Gasteiger partial charge on any atom is 0.266 e. The Kier molecular flexibility index (Phi) is 6.14. The lowest BCUT2D eigenvalue weighted by Crippen LogP contribution is -2.21. The lowest BCUT2D eigenvalue weighted by Gasteiger charge is -2.11. The van der Waals surface area contributed by atoms with Crippen LogP contribution in [0.1, 0.15) is 15.9 Å². The molecule has 6 nitrogen and oxygen atoms in total. The predicted molar refractivity (Wildman–Crippen MR) is 117 cm³/mol. The second-order valence-corrected chi connectivity index (χ2v) is 6.87. The van der Waals surface area contributed by atoms with E-state index in [0.717, 1.165) is 22.1 Å². The smallest absolute Gasteiger partial charge is 0.266 e. The third kappa shape index (κ3) is 4.65. The molecule has 0 radical (unpaired) electrons. The van der Waals surface area contributed by atoms with Crippen molar-refractivity contribution in [2.24, 2.45) is 0 Å². The van der Waals surface area contributed by atoms with Gasteiger partial charge in [0.1, 0.15) is 17.4 Å².